The number of carbonyl (C=O) groups is 1. The minimum absolute atomic E-state index is 0.410. The van der Waals surface area contributed by atoms with Gasteiger partial charge in [-0.1, -0.05) is 46.3 Å². The van der Waals surface area contributed by atoms with Crippen molar-refractivity contribution in [3.63, 3.8) is 0 Å². The van der Waals surface area contributed by atoms with Crippen molar-refractivity contribution in [3.8, 4) is 5.75 Å². The zero-order chi connectivity index (χ0) is 13.7. The maximum absolute atomic E-state index is 11.7. The maximum atomic E-state index is 11.7. The standard InChI is InChI=1S/C15H10Br2O2/c16-12-7-8-14(13(17)10-12)19-15(18)9-6-11-4-2-1-3-5-11/h1-10H/b9-6+. The van der Waals surface area contributed by atoms with Crippen LogP contribution < -0.4 is 4.74 Å². The van der Waals surface area contributed by atoms with Gasteiger partial charge in [-0.25, -0.2) is 4.79 Å². The van der Waals surface area contributed by atoms with Crippen molar-refractivity contribution in [2.45, 2.75) is 0 Å². The van der Waals surface area contributed by atoms with Gasteiger partial charge in [-0.05, 0) is 45.8 Å². The molecule has 2 aromatic carbocycles. The number of carbonyl (C=O) groups excluding carboxylic acids is 1. The highest BCUT2D eigenvalue weighted by Gasteiger charge is 2.05. The SMILES string of the molecule is O=C(/C=C/c1ccccc1)Oc1ccc(Br)cc1Br. The van der Waals surface area contributed by atoms with Gasteiger partial charge < -0.3 is 4.74 Å². The fraction of sp³-hybridized carbons (Fsp3) is 0. The fourth-order valence-electron chi connectivity index (χ4n) is 1.43. The van der Waals surface area contributed by atoms with Crippen molar-refractivity contribution in [1.29, 1.82) is 0 Å². The molecule has 0 atom stereocenters. The Morgan fingerprint density at radius 2 is 1.79 bits per heavy atom. The monoisotopic (exact) mass is 380 g/mol. The molecule has 2 rings (SSSR count). The van der Waals surface area contributed by atoms with E-state index < -0.39 is 5.97 Å². The van der Waals surface area contributed by atoms with E-state index in [0.717, 1.165) is 14.5 Å². The van der Waals surface area contributed by atoms with Gasteiger partial charge in [0.05, 0.1) is 4.47 Å². The third-order valence-electron chi connectivity index (χ3n) is 2.32. The molecule has 2 aromatic rings. The van der Waals surface area contributed by atoms with Crippen LogP contribution in [0.1, 0.15) is 5.56 Å². The Balaban J connectivity index is 2.04. The largest absolute Gasteiger partial charge is 0.422 e. The molecule has 0 saturated carbocycles. The van der Waals surface area contributed by atoms with Crippen LogP contribution in [0.4, 0.5) is 0 Å². The average molecular weight is 382 g/mol. The van der Waals surface area contributed by atoms with E-state index in [9.17, 15) is 4.79 Å². The molecule has 0 amide bonds. The van der Waals surface area contributed by atoms with Gasteiger partial charge in [-0.3, -0.25) is 0 Å². The van der Waals surface area contributed by atoms with Crippen molar-refractivity contribution in [1.82, 2.24) is 0 Å². The molecule has 0 aliphatic heterocycles. The van der Waals surface area contributed by atoms with Crippen LogP contribution in [-0.2, 0) is 4.79 Å². The second kappa shape index (κ2) is 6.68. The molecule has 0 radical (unpaired) electrons. The predicted molar refractivity (Wildman–Crippen MR) is 83.0 cm³/mol. The number of halogens is 2. The Kier molecular flexibility index (Phi) is 4.93. The first-order valence-electron chi connectivity index (χ1n) is 5.55. The molecule has 0 aromatic heterocycles. The normalized spacial score (nSPS) is 10.6. The number of hydrogen-bond acceptors (Lipinski definition) is 2. The van der Waals surface area contributed by atoms with E-state index in [1.54, 1.807) is 12.1 Å². The molecule has 19 heavy (non-hydrogen) atoms. The van der Waals surface area contributed by atoms with Crippen molar-refractivity contribution in [3.05, 3.63) is 69.1 Å². The zero-order valence-electron chi connectivity index (χ0n) is 9.85. The summed E-state index contributed by atoms with van der Waals surface area (Å²) in [4.78, 5) is 11.7. The van der Waals surface area contributed by atoms with Gasteiger partial charge in [-0.15, -0.1) is 0 Å². The van der Waals surface area contributed by atoms with Gasteiger partial charge in [-0.2, -0.15) is 0 Å². The van der Waals surface area contributed by atoms with Gasteiger partial charge in [0.2, 0.25) is 0 Å². The third-order valence-corrected chi connectivity index (χ3v) is 3.43. The Hall–Kier alpha value is -1.39. The van der Waals surface area contributed by atoms with E-state index in [1.807, 2.05) is 42.5 Å². The van der Waals surface area contributed by atoms with E-state index in [4.69, 9.17) is 4.74 Å². The van der Waals surface area contributed by atoms with Crippen molar-refractivity contribution in [2.75, 3.05) is 0 Å². The second-order valence-corrected chi connectivity index (χ2v) is 5.51. The molecule has 2 nitrogen and oxygen atoms in total. The van der Waals surface area contributed by atoms with E-state index in [1.165, 1.54) is 6.08 Å². The first-order valence-corrected chi connectivity index (χ1v) is 7.14. The lowest BCUT2D eigenvalue weighted by Crippen LogP contribution is -2.04. The molecule has 0 bridgehead atoms. The summed E-state index contributed by atoms with van der Waals surface area (Å²) in [5.74, 6) is 0.0813. The van der Waals surface area contributed by atoms with Crippen LogP contribution in [0.3, 0.4) is 0 Å². The summed E-state index contributed by atoms with van der Waals surface area (Å²) in [6.45, 7) is 0. The molecule has 0 fully saturated rings. The van der Waals surface area contributed by atoms with E-state index in [2.05, 4.69) is 31.9 Å². The van der Waals surface area contributed by atoms with E-state index in [0.29, 0.717) is 5.75 Å². The molecule has 4 heteroatoms. The van der Waals surface area contributed by atoms with Gasteiger partial charge in [0.25, 0.3) is 0 Å². The maximum Gasteiger partial charge on any atom is 0.336 e. The topological polar surface area (TPSA) is 26.3 Å². The summed E-state index contributed by atoms with van der Waals surface area (Å²) in [6, 6.07) is 14.9. The molecule has 0 aliphatic rings. The number of ether oxygens (including phenoxy) is 1. The highest BCUT2D eigenvalue weighted by Crippen LogP contribution is 2.28. The van der Waals surface area contributed by atoms with Crippen molar-refractivity contribution < 1.29 is 9.53 Å². The molecule has 0 aliphatic carbocycles. The average Bonchev–Trinajstić information content (AvgIpc) is 2.41. The molecule has 0 heterocycles. The molecular weight excluding hydrogens is 372 g/mol. The molecule has 96 valence electrons. The van der Waals surface area contributed by atoms with E-state index in [-0.39, 0.29) is 0 Å². The van der Waals surface area contributed by atoms with Crippen molar-refractivity contribution in [2.24, 2.45) is 0 Å². The molecule has 0 spiro atoms. The summed E-state index contributed by atoms with van der Waals surface area (Å²) in [6.07, 6.45) is 3.12. The third kappa shape index (κ3) is 4.33. The summed E-state index contributed by atoms with van der Waals surface area (Å²) in [7, 11) is 0. The Bertz CT molecular complexity index is 607. The Morgan fingerprint density at radius 1 is 1.05 bits per heavy atom. The summed E-state index contributed by atoms with van der Waals surface area (Å²) in [5.41, 5.74) is 0.953. The second-order valence-electron chi connectivity index (χ2n) is 3.74. The molecular formula is C15H10Br2O2. The first-order chi connectivity index (χ1) is 9.15. The molecule has 0 N–H and O–H groups in total. The zero-order valence-corrected chi connectivity index (χ0v) is 13.0. The summed E-state index contributed by atoms with van der Waals surface area (Å²) < 4.78 is 6.87. The Labute approximate surface area is 128 Å². The van der Waals surface area contributed by atoms with Crippen LogP contribution in [0.25, 0.3) is 6.08 Å². The lowest BCUT2D eigenvalue weighted by Gasteiger charge is -2.04. The van der Waals surface area contributed by atoms with Gasteiger partial charge >= 0.3 is 5.97 Å². The van der Waals surface area contributed by atoms with Gasteiger partial charge in [0.15, 0.2) is 0 Å². The predicted octanol–water partition coefficient (Wildman–Crippen LogP) is 4.83. The number of hydrogen-bond donors (Lipinski definition) is 0. The number of esters is 1. The van der Waals surface area contributed by atoms with Crippen LogP contribution in [0.5, 0.6) is 5.75 Å². The van der Waals surface area contributed by atoms with Crippen LogP contribution in [0.2, 0.25) is 0 Å². The minimum Gasteiger partial charge on any atom is -0.422 e. The lowest BCUT2D eigenvalue weighted by molar-refractivity contribution is -0.128. The molecule has 0 unspecified atom stereocenters. The van der Waals surface area contributed by atoms with Crippen LogP contribution in [0, 0.1) is 0 Å². The highest BCUT2D eigenvalue weighted by atomic mass is 79.9. The lowest BCUT2D eigenvalue weighted by atomic mass is 10.2. The molecule has 0 saturated heterocycles. The quantitative estimate of drug-likeness (QED) is 0.432. The smallest absolute Gasteiger partial charge is 0.336 e. The van der Waals surface area contributed by atoms with Crippen molar-refractivity contribution >= 4 is 43.9 Å². The van der Waals surface area contributed by atoms with Crippen LogP contribution in [-0.4, -0.2) is 5.97 Å². The van der Waals surface area contributed by atoms with Gasteiger partial charge in [0.1, 0.15) is 5.75 Å². The Morgan fingerprint density at radius 3 is 2.47 bits per heavy atom. The minimum atomic E-state index is -0.410. The van der Waals surface area contributed by atoms with Crippen LogP contribution in [0.15, 0.2) is 63.6 Å². The van der Waals surface area contributed by atoms with Gasteiger partial charge in [0, 0.05) is 10.5 Å². The number of rotatable bonds is 3. The van der Waals surface area contributed by atoms with E-state index >= 15 is 0 Å². The fourth-order valence-corrected chi connectivity index (χ4v) is 2.56. The highest BCUT2D eigenvalue weighted by molar-refractivity contribution is 9.11. The summed E-state index contributed by atoms with van der Waals surface area (Å²) >= 11 is 6.68. The number of benzene rings is 2. The summed E-state index contributed by atoms with van der Waals surface area (Å²) in [5, 5.41) is 0. The van der Waals surface area contributed by atoms with Crippen LogP contribution >= 0.6 is 31.9 Å². The first kappa shape index (κ1) is 14.0.